The van der Waals surface area contributed by atoms with Gasteiger partial charge in [0, 0.05) is 12.1 Å². The molecule has 0 bridgehead atoms. The van der Waals surface area contributed by atoms with E-state index >= 15 is 0 Å². The monoisotopic (exact) mass is 306 g/mol. The van der Waals surface area contributed by atoms with Gasteiger partial charge in [0.15, 0.2) is 0 Å². The molecule has 124 valence electrons. The minimum atomic E-state index is -4.06. The van der Waals surface area contributed by atoms with Crippen molar-refractivity contribution in [2.45, 2.75) is 76.6 Å². The lowest BCUT2D eigenvalue weighted by atomic mass is 9.91. The summed E-state index contributed by atoms with van der Waals surface area (Å²) >= 11 is 0. The van der Waals surface area contributed by atoms with Crippen LogP contribution in [0.5, 0.6) is 0 Å². The molecule has 1 saturated carbocycles. The van der Waals surface area contributed by atoms with E-state index in [-0.39, 0.29) is 0 Å². The number of likely N-dealkylation sites (tertiary alicyclic amines) is 1. The Morgan fingerprint density at radius 1 is 1.00 bits per heavy atom. The van der Waals surface area contributed by atoms with Crippen LogP contribution in [0.4, 0.5) is 13.2 Å². The van der Waals surface area contributed by atoms with Gasteiger partial charge in [-0.2, -0.15) is 13.2 Å². The van der Waals surface area contributed by atoms with E-state index < -0.39 is 12.7 Å². The summed E-state index contributed by atoms with van der Waals surface area (Å²) in [5.74, 6) is 0.751. The van der Waals surface area contributed by atoms with Crippen LogP contribution in [0.1, 0.15) is 58.3 Å². The van der Waals surface area contributed by atoms with Gasteiger partial charge < -0.3 is 5.32 Å². The van der Waals surface area contributed by atoms with Gasteiger partial charge >= 0.3 is 6.18 Å². The van der Waals surface area contributed by atoms with E-state index in [0.29, 0.717) is 25.2 Å². The molecule has 0 amide bonds. The van der Waals surface area contributed by atoms with Crippen molar-refractivity contribution in [2.24, 2.45) is 5.92 Å². The van der Waals surface area contributed by atoms with Crippen molar-refractivity contribution < 1.29 is 13.2 Å². The highest BCUT2D eigenvalue weighted by Crippen LogP contribution is 2.26. The van der Waals surface area contributed by atoms with Crippen LogP contribution in [0.3, 0.4) is 0 Å². The van der Waals surface area contributed by atoms with Gasteiger partial charge in [0.25, 0.3) is 0 Å². The summed E-state index contributed by atoms with van der Waals surface area (Å²) in [4.78, 5) is 1.54. The number of piperidine rings is 1. The molecule has 1 aliphatic carbocycles. The van der Waals surface area contributed by atoms with Crippen molar-refractivity contribution in [3.05, 3.63) is 0 Å². The molecule has 2 fully saturated rings. The van der Waals surface area contributed by atoms with Crippen LogP contribution >= 0.6 is 0 Å². The molecule has 2 nitrogen and oxygen atoms in total. The summed E-state index contributed by atoms with van der Waals surface area (Å²) in [7, 11) is 0. The van der Waals surface area contributed by atoms with Gasteiger partial charge in [-0.25, -0.2) is 0 Å². The Labute approximate surface area is 126 Å². The molecule has 0 unspecified atom stereocenters. The van der Waals surface area contributed by atoms with E-state index in [1.54, 1.807) is 0 Å². The highest BCUT2D eigenvalue weighted by Gasteiger charge is 2.33. The zero-order valence-electron chi connectivity index (χ0n) is 13.1. The molecule has 0 radical (unpaired) electrons. The third-order valence-corrected chi connectivity index (χ3v) is 5.10. The second-order valence-corrected chi connectivity index (χ2v) is 6.87. The predicted octanol–water partition coefficient (Wildman–Crippen LogP) is 3.96. The van der Waals surface area contributed by atoms with Crippen LogP contribution in [-0.2, 0) is 0 Å². The maximum Gasteiger partial charge on any atom is 0.401 e. The summed E-state index contributed by atoms with van der Waals surface area (Å²) in [6.07, 6.45) is 5.62. The highest BCUT2D eigenvalue weighted by molar-refractivity contribution is 4.83. The topological polar surface area (TPSA) is 15.3 Å². The Kier molecular flexibility index (Phi) is 6.35. The predicted molar refractivity (Wildman–Crippen MR) is 79.3 cm³/mol. The summed E-state index contributed by atoms with van der Waals surface area (Å²) in [6, 6.07) is 0.898. The van der Waals surface area contributed by atoms with Gasteiger partial charge in [0.1, 0.15) is 0 Å². The normalized spacial score (nSPS) is 25.7. The minimum absolute atomic E-state index is 0.396. The number of halogens is 3. The fourth-order valence-electron chi connectivity index (χ4n) is 3.83. The number of nitrogens with one attached hydrogen (secondary N) is 1. The van der Waals surface area contributed by atoms with Gasteiger partial charge in [-0.15, -0.1) is 0 Å². The smallest absolute Gasteiger partial charge is 0.311 e. The van der Waals surface area contributed by atoms with E-state index in [0.717, 1.165) is 18.8 Å². The number of alkyl halides is 3. The van der Waals surface area contributed by atoms with E-state index in [2.05, 4.69) is 12.2 Å². The van der Waals surface area contributed by atoms with Crippen molar-refractivity contribution in [2.75, 3.05) is 19.6 Å². The van der Waals surface area contributed by atoms with Crippen molar-refractivity contribution in [1.29, 1.82) is 0 Å². The van der Waals surface area contributed by atoms with Gasteiger partial charge in [-0.1, -0.05) is 25.7 Å². The Hall–Kier alpha value is -0.290. The largest absolute Gasteiger partial charge is 0.401 e. The Balaban J connectivity index is 1.70. The molecular formula is C16H29F3N2. The Bertz CT molecular complexity index is 290. The molecule has 2 aliphatic rings. The second kappa shape index (κ2) is 7.82. The quantitative estimate of drug-likeness (QED) is 0.791. The molecule has 0 aromatic rings. The molecule has 1 N–H and O–H groups in total. The fourth-order valence-corrected chi connectivity index (χ4v) is 3.83. The van der Waals surface area contributed by atoms with Crippen molar-refractivity contribution in [3.63, 3.8) is 0 Å². The van der Waals surface area contributed by atoms with Crippen molar-refractivity contribution in [3.8, 4) is 0 Å². The molecule has 21 heavy (non-hydrogen) atoms. The van der Waals surface area contributed by atoms with E-state index in [4.69, 9.17) is 0 Å². The molecule has 0 spiro atoms. The molecular weight excluding hydrogens is 277 g/mol. The number of hydrogen-bond donors (Lipinski definition) is 1. The SMILES string of the molecule is C[C@@H](NC1CCN(CC(F)(F)F)CC1)C1CCCCCC1. The maximum atomic E-state index is 12.4. The molecule has 2 rings (SSSR count). The van der Waals surface area contributed by atoms with Crippen LogP contribution in [0.25, 0.3) is 0 Å². The third-order valence-electron chi connectivity index (χ3n) is 5.10. The lowest BCUT2D eigenvalue weighted by Gasteiger charge is -2.36. The first kappa shape index (κ1) is 17.1. The number of hydrogen-bond acceptors (Lipinski definition) is 2. The van der Waals surface area contributed by atoms with E-state index in [1.165, 1.54) is 43.4 Å². The lowest BCUT2D eigenvalue weighted by molar-refractivity contribution is -0.148. The molecule has 1 saturated heterocycles. The third kappa shape index (κ3) is 6.15. The highest BCUT2D eigenvalue weighted by atomic mass is 19.4. The molecule has 1 atom stereocenters. The van der Waals surface area contributed by atoms with Crippen LogP contribution in [0.15, 0.2) is 0 Å². The summed E-state index contributed by atoms with van der Waals surface area (Å²) in [6.45, 7) is 2.64. The zero-order chi connectivity index (χ0) is 15.3. The van der Waals surface area contributed by atoms with E-state index in [9.17, 15) is 13.2 Å². The Morgan fingerprint density at radius 2 is 1.57 bits per heavy atom. The van der Waals surface area contributed by atoms with Crippen LogP contribution in [0.2, 0.25) is 0 Å². The maximum absolute atomic E-state index is 12.4. The van der Waals surface area contributed by atoms with Crippen LogP contribution in [0, 0.1) is 5.92 Å². The Morgan fingerprint density at radius 3 is 2.10 bits per heavy atom. The standard InChI is InChI=1S/C16H29F3N2/c1-13(14-6-4-2-3-5-7-14)20-15-8-10-21(11-9-15)12-16(17,18)19/h13-15,20H,2-12H2,1H3/t13-/m1/s1. The van der Waals surface area contributed by atoms with Crippen molar-refractivity contribution >= 4 is 0 Å². The first-order chi connectivity index (χ1) is 9.94. The molecule has 1 heterocycles. The average molecular weight is 306 g/mol. The molecule has 0 aromatic carbocycles. The lowest BCUT2D eigenvalue weighted by Crippen LogP contribution is -2.49. The minimum Gasteiger partial charge on any atom is -0.311 e. The first-order valence-corrected chi connectivity index (χ1v) is 8.49. The van der Waals surface area contributed by atoms with Crippen LogP contribution < -0.4 is 5.32 Å². The zero-order valence-corrected chi connectivity index (χ0v) is 13.1. The van der Waals surface area contributed by atoms with Gasteiger partial charge in [-0.3, -0.25) is 4.90 Å². The van der Waals surface area contributed by atoms with Crippen LogP contribution in [-0.4, -0.2) is 42.8 Å². The summed E-state index contributed by atoms with van der Waals surface area (Å²) < 4.78 is 37.1. The fraction of sp³-hybridized carbons (Fsp3) is 1.00. The molecule has 5 heteroatoms. The van der Waals surface area contributed by atoms with E-state index in [1.807, 2.05) is 0 Å². The second-order valence-electron chi connectivity index (χ2n) is 6.87. The first-order valence-electron chi connectivity index (χ1n) is 8.49. The summed E-state index contributed by atoms with van der Waals surface area (Å²) in [5, 5.41) is 3.69. The van der Waals surface area contributed by atoms with Gasteiger partial charge in [0.05, 0.1) is 6.54 Å². The average Bonchev–Trinajstić information content (AvgIpc) is 2.68. The molecule has 0 aromatic heterocycles. The number of nitrogens with zero attached hydrogens (tertiary/aromatic N) is 1. The molecule has 1 aliphatic heterocycles. The van der Waals surface area contributed by atoms with Gasteiger partial charge in [-0.05, 0) is 51.6 Å². The van der Waals surface area contributed by atoms with Crippen molar-refractivity contribution in [1.82, 2.24) is 10.2 Å². The number of rotatable bonds is 4. The summed E-state index contributed by atoms with van der Waals surface area (Å²) in [5.41, 5.74) is 0. The van der Waals surface area contributed by atoms with Gasteiger partial charge in [0.2, 0.25) is 0 Å².